The van der Waals surface area contributed by atoms with E-state index in [1.54, 1.807) is 11.0 Å². The molecule has 0 saturated carbocycles. The van der Waals surface area contributed by atoms with Crippen molar-refractivity contribution in [1.29, 1.82) is 0 Å². The van der Waals surface area contributed by atoms with Gasteiger partial charge >= 0.3 is 0 Å². The Morgan fingerprint density at radius 1 is 1.56 bits per heavy atom. The molecule has 2 N–H and O–H groups in total. The first-order valence-electron chi connectivity index (χ1n) is 5.25. The molecule has 3 rings (SSSR count). The molecule has 96 valence electrons. The number of guanidine groups is 1. The average molecular weight is 288 g/mol. The molecule has 18 heavy (non-hydrogen) atoms. The van der Waals surface area contributed by atoms with Crippen LogP contribution in [0.1, 0.15) is 5.56 Å². The average Bonchev–Trinajstić information content (AvgIpc) is 2.61. The fourth-order valence-electron chi connectivity index (χ4n) is 2.11. The summed E-state index contributed by atoms with van der Waals surface area (Å²) >= 11 is 6.10. The molecule has 1 aromatic rings. The highest BCUT2D eigenvalue weighted by atomic mass is 35.5. The maximum Gasteiger partial charge on any atom is 0.251 e. The Bertz CT molecular complexity index is 533. The van der Waals surface area contributed by atoms with Gasteiger partial charge < -0.3 is 10.0 Å². The van der Waals surface area contributed by atoms with Crippen molar-refractivity contribution in [2.45, 2.75) is 12.6 Å². The number of rotatable bonds is 1. The van der Waals surface area contributed by atoms with E-state index in [0.717, 1.165) is 11.3 Å². The molecule has 2 aliphatic rings. The number of fused-ring (bicyclic) bond motifs is 2. The van der Waals surface area contributed by atoms with E-state index in [1.165, 1.54) is 0 Å². The summed E-state index contributed by atoms with van der Waals surface area (Å²) in [5, 5.41) is 12.5. The van der Waals surface area contributed by atoms with Gasteiger partial charge in [0.2, 0.25) is 5.96 Å². The number of hydrogen-bond donors (Lipinski definition) is 2. The smallest absolute Gasteiger partial charge is 0.251 e. The molecule has 0 spiro atoms. The van der Waals surface area contributed by atoms with Crippen molar-refractivity contribution in [2.75, 3.05) is 6.61 Å². The van der Waals surface area contributed by atoms with Crippen molar-refractivity contribution in [3.63, 3.8) is 0 Å². The third kappa shape index (κ3) is 1.84. The van der Waals surface area contributed by atoms with Crippen LogP contribution < -0.4 is 5.32 Å². The molecule has 2 heterocycles. The Labute approximate surface area is 115 Å². The lowest BCUT2D eigenvalue weighted by Gasteiger charge is -2.27. The third-order valence-electron chi connectivity index (χ3n) is 3.01. The highest BCUT2D eigenvalue weighted by Crippen LogP contribution is 2.33. The minimum Gasteiger partial charge on any atom is -0.394 e. The van der Waals surface area contributed by atoms with E-state index in [4.69, 9.17) is 11.6 Å². The van der Waals surface area contributed by atoms with Gasteiger partial charge in [-0.15, -0.1) is 12.4 Å². The summed E-state index contributed by atoms with van der Waals surface area (Å²) in [5.74, 6) is 0.263. The van der Waals surface area contributed by atoms with E-state index >= 15 is 0 Å². The Balaban J connectivity index is 0.00000120. The van der Waals surface area contributed by atoms with E-state index < -0.39 is 6.04 Å². The number of aliphatic imine (C=N–C) groups is 1. The summed E-state index contributed by atoms with van der Waals surface area (Å²) in [6.07, 6.45) is 0. The Morgan fingerprint density at radius 2 is 2.33 bits per heavy atom. The zero-order valence-corrected chi connectivity index (χ0v) is 10.8. The molecule has 1 unspecified atom stereocenters. The number of carbonyl (C=O) groups excluding carboxylic acids is 1. The summed E-state index contributed by atoms with van der Waals surface area (Å²) in [4.78, 5) is 17.6. The molecule has 5 nitrogen and oxygen atoms in total. The summed E-state index contributed by atoms with van der Waals surface area (Å²) in [6.45, 7) is 0.252. The van der Waals surface area contributed by atoms with Crippen LogP contribution in [0.5, 0.6) is 0 Å². The zero-order valence-electron chi connectivity index (χ0n) is 9.26. The number of nitrogens with one attached hydrogen (secondary N) is 1. The van der Waals surface area contributed by atoms with Crippen LogP contribution in [0.3, 0.4) is 0 Å². The standard InChI is InChI=1S/C11H10ClN3O2.ClH/c12-7-2-1-3-8-6(7)4-15-9(5-16)10(17)14-11(15)13-8;/h1-3,9,16H,4-5H2,(H,13,14,17);1H. The van der Waals surface area contributed by atoms with E-state index in [9.17, 15) is 9.90 Å². The molecule has 2 aliphatic heterocycles. The summed E-state index contributed by atoms with van der Waals surface area (Å²) in [7, 11) is 0. The predicted molar refractivity (Wildman–Crippen MR) is 70.4 cm³/mol. The second kappa shape index (κ2) is 4.76. The molecule has 0 aliphatic carbocycles. The Hall–Kier alpha value is -1.30. The minimum absolute atomic E-state index is 0. The van der Waals surface area contributed by atoms with Crippen molar-refractivity contribution in [3.05, 3.63) is 28.8 Å². The van der Waals surface area contributed by atoms with Crippen LogP contribution >= 0.6 is 24.0 Å². The van der Waals surface area contributed by atoms with Gasteiger partial charge in [-0.2, -0.15) is 0 Å². The molecule has 7 heteroatoms. The molecule has 0 radical (unpaired) electrons. The van der Waals surface area contributed by atoms with Crippen LogP contribution in [-0.4, -0.2) is 34.5 Å². The van der Waals surface area contributed by atoms with Crippen molar-refractivity contribution in [1.82, 2.24) is 10.2 Å². The largest absolute Gasteiger partial charge is 0.394 e. The van der Waals surface area contributed by atoms with Gasteiger partial charge in [0.05, 0.1) is 18.8 Å². The fraction of sp³-hybridized carbons (Fsp3) is 0.273. The summed E-state index contributed by atoms with van der Waals surface area (Å²) in [6, 6.07) is 4.89. The first kappa shape index (κ1) is 13.1. The normalized spacial score (nSPS) is 20.6. The van der Waals surface area contributed by atoms with Gasteiger partial charge in [-0.1, -0.05) is 17.7 Å². The molecule has 1 saturated heterocycles. The first-order valence-corrected chi connectivity index (χ1v) is 5.63. The molecular weight excluding hydrogens is 277 g/mol. The van der Waals surface area contributed by atoms with Gasteiger partial charge in [0.1, 0.15) is 6.04 Å². The lowest BCUT2D eigenvalue weighted by molar-refractivity contribution is -0.122. The van der Waals surface area contributed by atoms with E-state index in [-0.39, 0.29) is 24.9 Å². The fourth-order valence-corrected chi connectivity index (χ4v) is 2.34. The van der Waals surface area contributed by atoms with Crippen molar-refractivity contribution < 1.29 is 9.90 Å². The van der Waals surface area contributed by atoms with Crippen LogP contribution in [0.25, 0.3) is 0 Å². The van der Waals surface area contributed by atoms with Crippen molar-refractivity contribution in [2.24, 2.45) is 4.99 Å². The lowest BCUT2D eigenvalue weighted by atomic mass is 10.1. The molecule has 0 aromatic heterocycles. The first-order chi connectivity index (χ1) is 8.20. The van der Waals surface area contributed by atoms with Gasteiger partial charge in [0.15, 0.2) is 0 Å². The van der Waals surface area contributed by atoms with Crippen LogP contribution in [0.4, 0.5) is 5.69 Å². The van der Waals surface area contributed by atoms with E-state index in [2.05, 4.69) is 10.3 Å². The highest BCUT2D eigenvalue weighted by Gasteiger charge is 2.38. The highest BCUT2D eigenvalue weighted by molar-refractivity contribution is 6.31. The van der Waals surface area contributed by atoms with Gasteiger partial charge in [0, 0.05) is 10.6 Å². The number of aliphatic hydroxyl groups excluding tert-OH is 1. The Kier molecular flexibility index (Phi) is 3.47. The topological polar surface area (TPSA) is 64.9 Å². The SMILES string of the molecule is Cl.O=C1NC2=Nc3cccc(Cl)c3CN2C1CO. The quantitative estimate of drug-likeness (QED) is 0.812. The summed E-state index contributed by atoms with van der Waals surface area (Å²) in [5.41, 5.74) is 1.65. The van der Waals surface area contributed by atoms with Crippen molar-refractivity contribution >= 4 is 41.6 Å². The molecule has 1 atom stereocenters. The molecule has 1 aromatic carbocycles. The van der Waals surface area contributed by atoms with E-state index in [1.807, 2.05) is 12.1 Å². The predicted octanol–water partition coefficient (Wildman–Crippen LogP) is 1.06. The second-order valence-corrected chi connectivity index (χ2v) is 4.40. The molecule has 1 amide bonds. The molecule has 1 fully saturated rings. The number of halogens is 2. The van der Waals surface area contributed by atoms with E-state index in [0.29, 0.717) is 17.5 Å². The van der Waals surface area contributed by atoms with Crippen LogP contribution in [0.15, 0.2) is 23.2 Å². The zero-order chi connectivity index (χ0) is 12.0. The van der Waals surface area contributed by atoms with Gasteiger partial charge in [-0.05, 0) is 12.1 Å². The second-order valence-electron chi connectivity index (χ2n) is 3.99. The number of nitrogens with zero attached hydrogens (tertiary/aromatic N) is 2. The third-order valence-corrected chi connectivity index (χ3v) is 3.36. The number of amides is 1. The van der Waals surface area contributed by atoms with Gasteiger partial charge in [-0.3, -0.25) is 10.1 Å². The maximum absolute atomic E-state index is 11.6. The number of hydrogen-bond acceptors (Lipinski definition) is 4. The summed E-state index contributed by atoms with van der Waals surface area (Å²) < 4.78 is 0. The number of carbonyl (C=O) groups is 1. The van der Waals surface area contributed by atoms with Crippen LogP contribution in [-0.2, 0) is 11.3 Å². The molecular formula is C11H11Cl2N3O2. The van der Waals surface area contributed by atoms with Crippen LogP contribution in [0.2, 0.25) is 5.02 Å². The van der Waals surface area contributed by atoms with Gasteiger partial charge in [0.25, 0.3) is 5.91 Å². The number of benzene rings is 1. The van der Waals surface area contributed by atoms with Crippen molar-refractivity contribution in [3.8, 4) is 0 Å². The Morgan fingerprint density at radius 3 is 3.06 bits per heavy atom. The lowest BCUT2D eigenvalue weighted by Crippen LogP contribution is -2.39. The number of aliphatic hydroxyl groups is 1. The molecule has 0 bridgehead atoms. The monoisotopic (exact) mass is 287 g/mol. The maximum atomic E-state index is 11.6. The van der Waals surface area contributed by atoms with Crippen LogP contribution in [0, 0.1) is 0 Å². The minimum atomic E-state index is -0.571. The van der Waals surface area contributed by atoms with Gasteiger partial charge in [-0.25, -0.2) is 4.99 Å².